The van der Waals surface area contributed by atoms with Crippen LogP contribution in [0.15, 0.2) is 24.3 Å². The van der Waals surface area contributed by atoms with E-state index in [1.165, 1.54) is 51.4 Å². The number of hydrogen-bond acceptors (Lipinski definition) is 2. The van der Waals surface area contributed by atoms with Crippen molar-refractivity contribution in [1.29, 1.82) is 0 Å². The lowest BCUT2D eigenvalue weighted by Crippen LogP contribution is -2.39. The Morgan fingerprint density at radius 1 is 1.00 bits per heavy atom. The molecule has 0 amide bonds. The highest BCUT2D eigenvalue weighted by molar-refractivity contribution is 5.81. The number of fused-ring (bicyclic) bond motifs is 1. The standard InChI is InChI=1S/C28H43NO/c1-20(2)18-29-21(3)16-28(19-30-4)17-25(23-12-7-8-13-23)27-24(14-9-15-26(27)28)22-10-5-6-11-22/h9,14-15,17,20-23,29H,5-8,10-13,16,18-19H2,1-4H3. The van der Waals surface area contributed by atoms with Gasteiger partial charge in [-0.1, -0.05) is 63.8 Å². The first-order valence-electron chi connectivity index (χ1n) is 12.6. The van der Waals surface area contributed by atoms with Gasteiger partial charge in [0, 0.05) is 18.6 Å². The van der Waals surface area contributed by atoms with Crippen molar-refractivity contribution < 1.29 is 4.74 Å². The second-order valence-electron chi connectivity index (χ2n) is 10.8. The van der Waals surface area contributed by atoms with E-state index in [0.29, 0.717) is 12.0 Å². The number of methoxy groups -OCH3 is 1. The number of ether oxygens (including phenoxy) is 1. The van der Waals surface area contributed by atoms with E-state index in [0.717, 1.165) is 31.4 Å². The van der Waals surface area contributed by atoms with Crippen LogP contribution in [0.25, 0.3) is 5.57 Å². The Labute approximate surface area is 184 Å². The molecular weight excluding hydrogens is 366 g/mol. The molecule has 2 fully saturated rings. The topological polar surface area (TPSA) is 21.3 Å². The molecule has 1 aromatic rings. The van der Waals surface area contributed by atoms with Crippen molar-refractivity contribution in [2.75, 3.05) is 20.3 Å². The van der Waals surface area contributed by atoms with Crippen molar-refractivity contribution in [2.45, 2.75) is 95.9 Å². The molecule has 2 saturated carbocycles. The molecule has 0 bridgehead atoms. The minimum Gasteiger partial charge on any atom is -0.383 e. The maximum absolute atomic E-state index is 5.92. The summed E-state index contributed by atoms with van der Waals surface area (Å²) in [5.41, 5.74) is 6.56. The summed E-state index contributed by atoms with van der Waals surface area (Å²) >= 11 is 0. The number of nitrogens with one attached hydrogen (secondary N) is 1. The molecule has 0 spiro atoms. The van der Waals surface area contributed by atoms with Crippen LogP contribution in [0.4, 0.5) is 0 Å². The second-order valence-corrected chi connectivity index (χ2v) is 10.8. The van der Waals surface area contributed by atoms with Crippen LogP contribution in [0.3, 0.4) is 0 Å². The monoisotopic (exact) mass is 409 g/mol. The Bertz CT molecular complexity index is 739. The minimum absolute atomic E-state index is 0.0139. The van der Waals surface area contributed by atoms with E-state index in [9.17, 15) is 0 Å². The molecule has 0 heterocycles. The fraction of sp³-hybridized carbons (Fsp3) is 0.714. The van der Waals surface area contributed by atoms with Gasteiger partial charge >= 0.3 is 0 Å². The quantitative estimate of drug-likeness (QED) is 0.482. The van der Waals surface area contributed by atoms with Crippen LogP contribution in [-0.4, -0.2) is 26.3 Å². The lowest BCUT2D eigenvalue weighted by molar-refractivity contribution is 0.141. The van der Waals surface area contributed by atoms with E-state index in [2.05, 4.69) is 50.4 Å². The fourth-order valence-electron chi connectivity index (χ4n) is 6.55. The first kappa shape index (κ1) is 22.1. The second kappa shape index (κ2) is 9.57. The van der Waals surface area contributed by atoms with Crippen molar-refractivity contribution in [1.82, 2.24) is 5.32 Å². The van der Waals surface area contributed by atoms with Crippen molar-refractivity contribution in [3.05, 3.63) is 41.0 Å². The Morgan fingerprint density at radius 2 is 1.67 bits per heavy atom. The number of hydrogen-bond donors (Lipinski definition) is 1. The zero-order valence-corrected chi connectivity index (χ0v) is 19.8. The number of benzene rings is 1. The summed E-state index contributed by atoms with van der Waals surface area (Å²) in [5, 5.41) is 3.79. The zero-order valence-electron chi connectivity index (χ0n) is 19.8. The van der Waals surface area contributed by atoms with E-state index in [4.69, 9.17) is 4.74 Å². The third-order valence-corrected chi connectivity index (χ3v) is 7.89. The lowest BCUT2D eigenvalue weighted by atomic mass is 9.76. The summed E-state index contributed by atoms with van der Waals surface area (Å²) in [4.78, 5) is 0. The summed E-state index contributed by atoms with van der Waals surface area (Å²) in [7, 11) is 1.88. The van der Waals surface area contributed by atoms with Crippen molar-refractivity contribution in [2.24, 2.45) is 11.8 Å². The van der Waals surface area contributed by atoms with Crippen LogP contribution in [0, 0.1) is 11.8 Å². The van der Waals surface area contributed by atoms with Gasteiger partial charge < -0.3 is 10.1 Å². The predicted molar refractivity (Wildman–Crippen MR) is 128 cm³/mol. The summed E-state index contributed by atoms with van der Waals surface area (Å²) in [6.45, 7) is 8.82. The first-order valence-corrected chi connectivity index (χ1v) is 12.6. The van der Waals surface area contributed by atoms with Crippen LogP contribution in [0.2, 0.25) is 0 Å². The Hall–Kier alpha value is -1.12. The highest BCUT2D eigenvalue weighted by Crippen LogP contribution is 2.53. The van der Waals surface area contributed by atoms with E-state index < -0.39 is 0 Å². The van der Waals surface area contributed by atoms with E-state index >= 15 is 0 Å². The lowest BCUT2D eigenvalue weighted by Gasteiger charge is -2.32. The van der Waals surface area contributed by atoms with Gasteiger partial charge in [0.2, 0.25) is 0 Å². The minimum atomic E-state index is 0.0139. The summed E-state index contributed by atoms with van der Waals surface area (Å²) in [6.07, 6.45) is 14.9. The molecule has 1 N–H and O–H groups in total. The maximum Gasteiger partial charge on any atom is 0.0595 e. The van der Waals surface area contributed by atoms with Crippen LogP contribution < -0.4 is 5.32 Å². The molecule has 3 aliphatic rings. The van der Waals surface area contributed by atoms with Crippen LogP contribution in [-0.2, 0) is 10.2 Å². The van der Waals surface area contributed by atoms with E-state index in [-0.39, 0.29) is 5.41 Å². The molecule has 2 heteroatoms. The van der Waals surface area contributed by atoms with Crippen molar-refractivity contribution >= 4 is 5.57 Å². The average Bonchev–Trinajstić information content (AvgIpc) is 3.48. The molecule has 0 radical (unpaired) electrons. The Morgan fingerprint density at radius 3 is 2.30 bits per heavy atom. The van der Waals surface area contributed by atoms with Gasteiger partial charge in [-0.05, 0) is 85.6 Å². The molecule has 0 aromatic heterocycles. The van der Waals surface area contributed by atoms with Gasteiger partial charge in [0.25, 0.3) is 0 Å². The van der Waals surface area contributed by atoms with E-state index in [1.54, 1.807) is 22.3 Å². The predicted octanol–water partition coefficient (Wildman–Crippen LogP) is 6.84. The fourth-order valence-corrected chi connectivity index (χ4v) is 6.55. The Balaban J connectivity index is 1.74. The van der Waals surface area contributed by atoms with Crippen molar-refractivity contribution in [3.63, 3.8) is 0 Å². The van der Waals surface area contributed by atoms with Gasteiger partial charge in [0.05, 0.1) is 6.61 Å². The molecule has 166 valence electrons. The molecular formula is C28H43NO. The summed E-state index contributed by atoms with van der Waals surface area (Å²) < 4.78 is 5.92. The molecule has 30 heavy (non-hydrogen) atoms. The highest BCUT2D eigenvalue weighted by atomic mass is 16.5. The average molecular weight is 410 g/mol. The summed E-state index contributed by atoms with van der Waals surface area (Å²) in [5.74, 6) is 2.20. The smallest absolute Gasteiger partial charge is 0.0595 e. The van der Waals surface area contributed by atoms with Gasteiger partial charge in [-0.3, -0.25) is 0 Å². The Kier molecular flexibility index (Phi) is 7.05. The molecule has 0 saturated heterocycles. The highest BCUT2D eigenvalue weighted by Gasteiger charge is 2.43. The largest absolute Gasteiger partial charge is 0.383 e. The van der Waals surface area contributed by atoms with Crippen LogP contribution in [0.5, 0.6) is 0 Å². The van der Waals surface area contributed by atoms with Gasteiger partial charge in [-0.15, -0.1) is 0 Å². The van der Waals surface area contributed by atoms with Gasteiger partial charge in [0.15, 0.2) is 0 Å². The first-order chi connectivity index (χ1) is 14.5. The molecule has 2 unspecified atom stereocenters. The molecule has 1 aromatic carbocycles. The SMILES string of the molecule is COCC1(CC(C)NCC(C)C)C=C(C2CCCC2)c2c(C3CCCC3)cccc21. The molecule has 0 aliphatic heterocycles. The zero-order chi connectivity index (χ0) is 21.1. The molecule has 2 atom stereocenters. The van der Waals surface area contributed by atoms with Crippen LogP contribution in [0.1, 0.15) is 101 Å². The number of allylic oxidation sites excluding steroid dienone is 1. The van der Waals surface area contributed by atoms with Gasteiger partial charge in [-0.25, -0.2) is 0 Å². The summed E-state index contributed by atoms with van der Waals surface area (Å²) in [6, 6.07) is 7.71. The third-order valence-electron chi connectivity index (χ3n) is 7.89. The van der Waals surface area contributed by atoms with Gasteiger partial charge in [0.1, 0.15) is 0 Å². The number of rotatable bonds is 9. The van der Waals surface area contributed by atoms with Gasteiger partial charge in [-0.2, -0.15) is 0 Å². The molecule has 3 aliphatic carbocycles. The van der Waals surface area contributed by atoms with Crippen molar-refractivity contribution in [3.8, 4) is 0 Å². The van der Waals surface area contributed by atoms with E-state index in [1.807, 2.05) is 7.11 Å². The third kappa shape index (κ3) is 4.41. The molecule has 4 rings (SSSR count). The maximum atomic E-state index is 5.92. The normalized spacial score (nSPS) is 25.8. The molecule has 2 nitrogen and oxygen atoms in total. The van der Waals surface area contributed by atoms with Crippen LogP contribution >= 0.6 is 0 Å².